The van der Waals surface area contributed by atoms with Crippen LogP contribution in [0, 0.1) is 5.92 Å². The Hall–Kier alpha value is -0.880. The summed E-state index contributed by atoms with van der Waals surface area (Å²) in [5.74, 6) is 2.03. The number of nitrogens with zero attached hydrogens (tertiary/aromatic N) is 2. The van der Waals surface area contributed by atoms with Crippen molar-refractivity contribution in [3.05, 3.63) is 10.7 Å². The van der Waals surface area contributed by atoms with E-state index in [1.165, 1.54) is 0 Å². The van der Waals surface area contributed by atoms with Crippen molar-refractivity contribution in [3.8, 4) is 0 Å². The van der Waals surface area contributed by atoms with Crippen LogP contribution in [0.5, 0.6) is 0 Å². The summed E-state index contributed by atoms with van der Waals surface area (Å²) in [5.41, 5.74) is 0. The molecular weight excluding hydrogens is 272 g/mol. The van der Waals surface area contributed by atoms with E-state index < -0.39 is 0 Å². The van der Waals surface area contributed by atoms with Gasteiger partial charge in [-0.1, -0.05) is 0 Å². The second-order valence-electron chi connectivity index (χ2n) is 3.75. The first-order valence-electron chi connectivity index (χ1n) is 5.31. The van der Waals surface area contributed by atoms with Crippen molar-refractivity contribution >= 4 is 27.7 Å². The number of nitrogens with one attached hydrogen (secondary N) is 2. The Kier molecular flexibility index (Phi) is 3.95. The fourth-order valence-corrected chi connectivity index (χ4v) is 1.93. The van der Waals surface area contributed by atoms with Crippen molar-refractivity contribution in [2.45, 2.75) is 6.42 Å². The van der Waals surface area contributed by atoms with Crippen LogP contribution >= 0.6 is 15.9 Å². The molecule has 1 unspecified atom stereocenters. The van der Waals surface area contributed by atoms with Gasteiger partial charge in [-0.15, -0.1) is 0 Å². The van der Waals surface area contributed by atoms with Crippen molar-refractivity contribution in [1.82, 2.24) is 9.97 Å². The van der Waals surface area contributed by atoms with Gasteiger partial charge in [0.05, 0.1) is 11.1 Å². The van der Waals surface area contributed by atoms with E-state index >= 15 is 0 Å². The summed E-state index contributed by atoms with van der Waals surface area (Å²) < 4.78 is 6.20. The van der Waals surface area contributed by atoms with Gasteiger partial charge >= 0.3 is 0 Å². The van der Waals surface area contributed by atoms with Crippen LogP contribution in [0.4, 0.5) is 11.8 Å². The van der Waals surface area contributed by atoms with Gasteiger partial charge in [0, 0.05) is 32.3 Å². The summed E-state index contributed by atoms with van der Waals surface area (Å²) in [7, 11) is 1.80. The predicted molar refractivity (Wildman–Crippen MR) is 66.7 cm³/mol. The molecule has 0 bridgehead atoms. The van der Waals surface area contributed by atoms with Gasteiger partial charge in [-0.25, -0.2) is 4.98 Å². The number of hydrogen-bond acceptors (Lipinski definition) is 5. The average Bonchev–Trinajstić information content (AvgIpc) is 2.81. The molecule has 1 aromatic rings. The van der Waals surface area contributed by atoms with E-state index in [2.05, 4.69) is 36.5 Å². The number of anilines is 2. The van der Waals surface area contributed by atoms with Crippen molar-refractivity contribution in [3.63, 3.8) is 0 Å². The van der Waals surface area contributed by atoms with Gasteiger partial charge in [0.25, 0.3) is 0 Å². The number of hydrogen-bond donors (Lipinski definition) is 2. The van der Waals surface area contributed by atoms with Crippen LogP contribution < -0.4 is 10.6 Å². The first-order chi connectivity index (χ1) is 7.79. The highest BCUT2D eigenvalue weighted by atomic mass is 79.9. The second-order valence-corrected chi connectivity index (χ2v) is 4.61. The van der Waals surface area contributed by atoms with E-state index in [1.54, 1.807) is 13.2 Å². The maximum atomic E-state index is 5.32. The smallest absolute Gasteiger partial charge is 0.224 e. The van der Waals surface area contributed by atoms with E-state index in [0.717, 1.165) is 36.5 Å². The van der Waals surface area contributed by atoms with Gasteiger partial charge < -0.3 is 15.4 Å². The molecule has 1 aliphatic heterocycles. The zero-order valence-corrected chi connectivity index (χ0v) is 10.7. The summed E-state index contributed by atoms with van der Waals surface area (Å²) in [4.78, 5) is 8.43. The molecule has 0 amide bonds. The second kappa shape index (κ2) is 5.45. The monoisotopic (exact) mass is 286 g/mol. The molecule has 16 heavy (non-hydrogen) atoms. The number of halogens is 1. The highest BCUT2D eigenvalue weighted by Gasteiger charge is 2.16. The number of rotatable bonds is 4. The zero-order valence-electron chi connectivity index (χ0n) is 9.16. The minimum Gasteiger partial charge on any atom is -0.381 e. The number of ether oxygens (including phenoxy) is 1. The van der Waals surface area contributed by atoms with Crippen molar-refractivity contribution in [2.24, 2.45) is 5.92 Å². The molecule has 1 aliphatic rings. The maximum absolute atomic E-state index is 5.32. The van der Waals surface area contributed by atoms with Crippen LogP contribution in [0.3, 0.4) is 0 Å². The van der Waals surface area contributed by atoms with E-state index in [-0.39, 0.29) is 0 Å². The Morgan fingerprint density at radius 3 is 3.19 bits per heavy atom. The van der Waals surface area contributed by atoms with Crippen molar-refractivity contribution < 1.29 is 4.74 Å². The lowest BCUT2D eigenvalue weighted by atomic mass is 10.1. The Morgan fingerprint density at radius 2 is 2.50 bits per heavy atom. The molecule has 0 aliphatic carbocycles. The van der Waals surface area contributed by atoms with Gasteiger partial charge in [0.2, 0.25) is 5.95 Å². The molecule has 6 heteroatoms. The highest BCUT2D eigenvalue weighted by molar-refractivity contribution is 9.10. The highest BCUT2D eigenvalue weighted by Crippen LogP contribution is 2.21. The fourth-order valence-electron chi connectivity index (χ4n) is 1.60. The molecule has 2 heterocycles. The lowest BCUT2D eigenvalue weighted by Gasteiger charge is -2.11. The zero-order chi connectivity index (χ0) is 11.4. The molecule has 88 valence electrons. The topological polar surface area (TPSA) is 59.1 Å². The molecule has 5 nitrogen and oxygen atoms in total. The predicted octanol–water partition coefficient (Wildman–Crippen LogP) is 1.73. The summed E-state index contributed by atoms with van der Waals surface area (Å²) in [5, 5.41) is 6.23. The number of aromatic nitrogens is 2. The molecule has 0 saturated carbocycles. The molecule has 0 aromatic carbocycles. The van der Waals surface area contributed by atoms with E-state index in [1.807, 2.05) is 0 Å². The van der Waals surface area contributed by atoms with Crippen LogP contribution in [0.15, 0.2) is 10.7 Å². The Balaban J connectivity index is 1.96. The van der Waals surface area contributed by atoms with Crippen LogP contribution in [0.1, 0.15) is 6.42 Å². The first-order valence-corrected chi connectivity index (χ1v) is 6.11. The summed E-state index contributed by atoms with van der Waals surface area (Å²) >= 11 is 3.42. The summed E-state index contributed by atoms with van der Waals surface area (Å²) in [6.45, 7) is 2.60. The maximum Gasteiger partial charge on any atom is 0.224 e. The minimum atomic E-state index is 0.583. The standard InChI is InChI=1S/C10H15BrN4O/c1-12-10-14-5-8(11)9(15-10)13-4-7-2-3-16-6-7/h5,7H,2-4,6H2,1H3,(H2,12,13,14,15). The van der Waals surface area contributed by atoms with E-state index in [4.69, 9.17) is 4.74 Å². The van der Waals surface area contributed by atoms with Crippen LogP contribution in [0.25, 0.3) is 0 Å². The van der Waals surface area contributed by atoms with Crippen molar-refractivity contribution in [2.75, 3.05) is 37.4 Å². The molecule has 0 spiro atoms. The third kappa shape index (κ3) is 2.82. The molecule has 2 N–H and O–H groups in total. The molecule has 1 atom stereocenters. The Bertz CT molecular complexity index is 355. The van der Waals surface area contributed by atoms with E-state index in [0.29, 0.717) is 11.9 Å². The molecule has 1 saturated heterocycles. The summed E-state index contributed by atoms with van der Waals surface area (Å²) in [6, 6.07) is 0. The van der Waals surface area contributed by atoms with E-state index in [9.17, 15) is 0 Å². The van der Waals surface area contributed by atoms with Gasteiger partial charge in [0.1, 0.15) is 5.82 Å². The summed E-state index contributed by atoms with van der Waals surface area (Å²) in [6.07, 6.45) is 2.86. The first kappa shape index (κ1) is 11.6. The average molecular weight is 287 g/mol. The molecule has 1 aromatic heterocycles. The Morgan fingerprint density at radius 1 is 1.62 bits per heavy atom. The lowest BCUT2D eigenvalue weighted by Crippen LogP contribution is -2.15. The molecule has 1 fully saturated rings. The van der Waals surface area contributed by atoms with Gasteiger partial charge in [-0.3, -0.25) is 0 Å². The molecular formula is C10H15BrN4O. The SMILES string of the molecule is CNc1ncc(Br)c(NCC2CCOC2)n1. The van der Waals surface area contributed by atoms with Crippen LogP contribution in [0.2, 0.25) is 0 Å². The third-order valence-corrected chi connectivity index (χ3v) is 3.13. The van der Waals surface area contributed by atoms with Gasteiger partial charge in [-0.05, 0) is 22.4 Å². The van der Waals surface area contributed by atoms with Crippen LogP contribution in [-0.4, -0.2) is 36.8 Å². The van der Waals surface area contributed by atoms with Crippen LogP contribution in [-0.2, 0) is 4.74 Å². The normalized spacial score (nSPS) is 19.8. The molecule has 2 rings (SSSR count). The lowest BCUT2D eigenvalue weighted by molar-refractivity contribution is 0.187. The van der Waals surface area contributed by atoms with Gasteiger partial charge in [0.15, 0.2) is 0 Å². The van der Waals surface area contributed by atoms with Crippen molar-refractivity contribution in [1.29, 1.82) is 0 Å². The Labute approximate surface area is 103 Å². The van der Waals surface area contributed by atoms with Gasteiger partial charge in [-0.2, -0.15) is 4.98 Å². The third-order valence-electron chi connectivity index (χ3n) is 2.55. The quantitative estimate of drug-likeness (QED) is 0.883. The largest absolute Gasteiger partial charge is 0.381 e. The molecule has 0 radical (unpaired) electrons. The fraction of sp³-hybridized carbons (Fsp3) is 0.600. The minimum absolute atomic E-state index is 0.583.